The van der Waals surface area contributed by atoms with Crippen LogP contribution in [0.25, 0.3) is 10.9 Å². The van der Waals surface area contributed by atoms with Crippen LogP contribution in [0, 0.1) is 6.92 Å². The fourth-order valence-electron chi connectivity index (χ4n) is 4.06. The molecule has 146 valence electrons. The Morgan fingerprint density at radius 3 is 2.54 bits per heavy atom. The first-order valence-electron chi connectivity index (χ1n) is 9.23. The Balaban J connectivity index is 1.75. The quantitative estimate of drug-likeness (QED) is 0.585. The third kappa shape index (κ3) is 3.17. The lowest BCUT2D eigenvalue weighted by Gasteiger charge is -2.30. The monoisotopic (exact) mass is 417 g/mol. The lowest BCUT2D eigenvalue weighted by molar-refractivity contribution is -0.0690. The van der Waals surface area contributed by atoms with Crippen molar-refractivity contribution in [2.45, 2.75) is 38.3 Å². The number of amides is 1. The Bertz CT molecular complexity index is 1030. The predicted octanol–water partition coefficient (Wildman–Crippen LogP) is 5.78. The van der Waals surface area contributed by atoms with Gasteiger partial charge in [0.2, 0.25) is 0 Å². The van der Waals surface area contributed by atoms with Crippen molar-refractivity contribution in [2.75, 3.05) is 12.4 Å². The minimum Gasteiger partial charge on any atom is -0.359 e. The van der Waals surface area contributed by atoms with Crippen LogP contribution in [0.3, 0.4) is 0 Å². The average molecular weight is 418 g/mol. The second-order valence-corrected chi connectivity index (χ2v) is 8.02. The Kier molecular flexibility index (Phi) is 5.08. The largest absolute Gasteiger partial charge is 0.359 e. The number of pyridine rings is 1. The lowest BCUT2D eigenvalue weighted by Crippen LogP contribution is -2.31. The van der Waals surface area contributed by atoms with E-state index in [2.05, 4.69) is 28.0 Å². The van der Waals surface area contributed by atoms with E-state index in [4.69, 9.17) is 27.9 Å². The number of nitrogens with zero attached hydrogens (tertiary/aromatic N) is 2. The zero-order chi connectivity index (χ0) is 19.9. The molecule has 1 aliphatic rings. The predicted molar refractivity (Wildman–Crippen MR) is 112 cm³/mol. The van der Waals surface area contributed by atoms with Crippen molar-refractivity contribution in [3.8, 4) is 0 Å². The Morgan fingerprint density at radius 2 is 1.89 bits per heavy atom. The first-order chi connectivity index (χ1) is 13.4. The molecule has 1 amide bonds. The maximum absolute atomic E-state index is 12.9. The normalized spacial score (nSPS) is 15.9. The van der Waals surface area contributed by atoms with Crippen molar-refractivity contribution in [3.05, 3.63) is 58.0 Å². The summed E-state index contributed by atoms with van der Waals surface area (Å²) in [5, 5.41) is 4.50. The van der Waals surface area contributed by atoms with Crippen molar-refractivity contribution in [2.24, 2.45) is 0 Å². The van der Waals surface area contributed by atoms with Crippen molar-refractivity contribution in [1.82, 2.24) is 9.55 Å². The summed E-state index contributed by atoms with van der Waals surface area (Å²) in [5.74, 6) is -0.278. The molecular formula is C21H21Cl2N3O2. The summed E-state index contributed by atoms with van der Waals surface area (Å²) in [5.41, 5.74) is 2.68. The summed E-state index contributed by atoms with van der Waals surface area (Å²) >= 11 is 12.3. The van der Waals surface area contributed by atoms with Crippen LogP contribution >= 0.6 is 23.2 Å². The number of hydrogen-bond acceptors (Lipinski definition) is 3. The minimum absolute atomic E-state index is 0.278. The molecule has 7 heteroatoms. The summed E-state index contributed by atoms with van der Waals surface area (Å²) in [6.07, 6.45) is 9.21. The second-order valence-electron chi connectivity index (χ2n) is 7.20. The maximum Gasteiger partial charge on any atom is 0.255 e. The van der Waals surface area contributed by atoms with E-state index in [0.717, 1.165) is 42.1 Å². The van der Waals surface area contributed by atoms with E-state index in [1.807, 2.05) is 18.2 Å². The van der Waals surface area contributed by atoms with E-state index in [0.29, 0.717) is 21.3 Å². The van der Waals surface area contributed by atoms with E-state index in [1.165, 1.54) is 12.4 Å². The van der Waals surface area contributed by atoms with Gasteiger partial charge >= 0.3 is 0 Å². The molecule has 2 aromatic heterocycles. The number of rotatable bonds is 4. The van der Waals surface area contributed by atoms with Gasteiger partial charge in [0.05, 0.1) is 21.2 Å². The summed E-state index contributed by atoms with van der Waals surface area (Å²) in [6, 6.07) is 5.69. The number of carbonyl (C=O) groups is 1. The molecule has 0 atom stereocenters. The Labute approximate surface area is 173 Å². The highest BCUT2D eigenvalue weighted by Crippen LogP contribution is 2.40. The molecular weight excluding hydrogens is 397 g/mol. The van der Waals surface area contributed by atoms with E-state index in [1.54, 1.807) is 7.11 Å². The van der Waals surface area contributed by atoms with Crippen LogP contribution in [-0.2, 0) is 10.5 Å². The van der Waals surface area contributed by atoms with Gasteiger partial charge < -0.3 is 14.6 Å². The third-order valence-corrected chi connectivity index (χ3v) is 6.14. The zero-order valence-electron chi connectivity index (χ0n) is 15.8. The third-order valence-electron chi connectivity index (χ3n) is 5.56. The molecule has 0 aliphatic heterocycles. The molecule has 0 bridgehead atoms. The van der Waals surface area contributed by atoms with Gasteiger partial charge in [0.15, 0.2) is 0 Å². The molecule has 0 saturated heterocycles. The number of methoxy groups -OCH3 is 1. The molecule has 1 aliphatic carbocycles. The highest BCUT2D eigenvalue weighted by Gasteiger charge is 2.36. The van der Waals surface area contributed by atoms with Crippen LogP contribution in [-0.4, -0.2) is 22.6 Å². The number of halogens is 2. The number of hydrogen-bond donors (Lipinski definition) is 1. The van der Waals surface area contributed by atoms with Gasteiger partial charge in [0, 0.05) is 36.7 Å². The van der Waals surface area contributed by atoms with Crippen molar-refractivity contribution < 1.29 is 9.53 Å². The number of fused-ring (bicyclic) bond motifs is 1. The topological polar surface area (TPSA) is 56.1 Å². The summed E-state index contributed by atoms with van der Waals surface area (Å²) in [4.78, 5) is 16.8. The Hall–Kier alpha value is -2.08. The Morgan fingerprint density at radius 1 is 1.21 bits per heavy atom. The van der Waals surface area contributed by atoms with Gasteiger partial charge in [-0.1, -0.05) is 29.3 Å². The van der Waals surface area contributed by atoms with Crippen LogP contribution in [0.2, 0.25) is 10.0 Å². The van der Waals surface area contributed by atoms with Gasteiger partial charge in [-0.05, 0) is 50.3 Å². The molecule has 1 fully saturated rings. The lowest BCUT2D eigenvalue weighted by atomic mass is 10.1. The van der Waals surface area contributed by atoms with Crippen LogP contribution in [0.5, 0.6) is 0 Å². The first-order valence-corrected chi connectivity index (χ1v) is 9.98. The fourth-order valence-corrected chi connectivity index (χ4v) is 4.52. The van der Waals surface area contributed by atoms with E-state index >= 15 is 0 Å². The second kappa shape index (κ2) is 7.39. The molecule has 3 aromatic rings. The van der Waals surface area contributed by atoms with Crippen LogP contribution in [0.1, 0.15) is 41.6 Å². The summed E-state index contributed by atoms with van der Waals surface area (Å²) in [7, 11) is 1.76. The van der Waals surface area contributed by atoms with Gasteiger partial charge in [0.25, 0.3) is 5.91 Å². The molecule has 1 saturated carbocycles. The highest BCUT2D eigenvalue weighted by molar-refractivity contribution is 6.39. The number of carbonyl (C=O) groups excluding carboxylic acids is 1. The van der Waals surface area contributed by atoms with Gasteiger partial charge in [-0.2, -0.15) is 0 Å². The van der Waals surface area contributed by atoms with Gasteiger partial charge in [-0.15, -0.1) is 0 Å². The molecule has 0 radical (unpaired) electrons. The average Bonchev–Trinajstić information content (AvgIpc) is 3.30. The standard InChI is InChI=1S/C21H21Cl2N3O2/c1-13-12-26(21(28-2)7-3-4-8-21)18-9-14(5-6-15(13)18)20(27)25-19-16(22)10-24-11-17(19)23/h5-6,9-12H,3-4,7-8H2,1-2H3,(H,24,25,27). The maximum atomic E-state index is 12.9. The number of benzene rings is 1. The van der Waals surface area contributed by atoms with E-state index < -0.39 is 0 Å². The molecule has 1 N–H and O–H groups in total. The molecule has 5 nitrogen and oxygen atoms in total. The van der Waals surface area contributed by atoms with Gasteiger partial charge in [0.1, 0.15) is 5.72 Å². The number of anilines is 1. The summed E-state index contributed by atoms with van der Waals surface area (Å²) < 4.78 is 8.14. The molecule has 2 heterocycles. The molecule has 0 unspecified atom stereocenters. The van der Waals surface area contributed by atoms with E-state index in [-0.39, 0.29) is 11.6 Å². The van der Waals surface area contributed by atoms with Gasteiger partial charge in [-0.25, -0.2) is 0 Å². The van der Waals surface area contributed by atoms with Crippen LogP contribution in [0.4, 0.5) is 5.69 Å². The fraction of sp³-hybridized carbons (Fsp3) is 0.333. The highest BCUT2D eigenvalue weighted by atomic mass is 35.5. The molecule has 1 aromatic carbocycles. The van der Waals surface area contributed by atoms with Crippen LogP contribution < -0.4 is 5.32 Å². The molecule has 0 spiro atoms. The van der Waals surface area contributed by atoms with Gasteiger partial charge in [-0.3, -0.25) is 9.78 Å². The first kappa shape index (κ1) is 19.2. The number of aromatic nitrogens is 2. The van der Waals surface area contributed by atoms with Crippen molar-refractivity contribution >= 4 is 45.7 Å². The van der Waals surface area contributed by atoms with E-state index in [9.17, 15) is 4.79 Å². The minimum atomic E-state index is -0.348. The zero-order valence-corrected chi connectivity index (χ0v) is 17.3. The number of ether oxygens (including phenoxy) is 1. The molecule has 28 heavy (non-hydrogen) atoms. The van der Waals surface area contributed by atoms with Crippen LogP contribution in [0.15, 0.2) is 36.8 Å². The SMILES string of the molecule is COC1(n2cc(C)c3ccc(C(=O)Nc4c(Cl)cncc4Cl)cc32)CCCC1. The smallest absolute Gasteiger partial charge is 0.255 e. The van der Waals surface area contributed by atoms with Crippen molar-refractivity contribution in [3.63, 3.8) is 0 Å². The number of nitrogens with one attached hydrogen (secondary N) is 1. The number of aryl methyl sites for hydroxylation is 1. The molecule has 4 rings (SSSR count). The van der Waals surface area contributed by atoms with Crippen molar-refractivity contribution in [1.29, 1.82) is 0 Å². The summed E-state index contributed by atoms with van der Waals surface area (Å²) in [6.45, 7) is 2.08.